The number of methoxy groups -OCH3 is 1. The molecule has 1 amide bonds. The summed E-state index contributed by atoms with van der Waals surface area (Å²) < 4.78 is 10.8. The lowest BCUT2D eigenvalue weighted by Gasteiger charge is -2.38. The normalized spacial score (nSPS) is 16.0. The topological polar surface area (TPSA) is 50.8 Å². The van der Waals surface area contributed by atoms with Crippen LogP contribution in [0.1, 0.15) is 24.0 Å². The number of amides is 1. The first-order valence-electron chi connectivity index (χ1n) is 9.83. The molecule has 28 heavy (non-hydrogen) atoms. The van der Waals surface area contributed by atoms with Crippen molar-refractivity contribution in [2.24, 2.45) is 0 Å². The van der Waals surface area contributed by atoms with Crippen molar-refractivity contribution in [1.29, 1.82) is 0 Å². The van der Waals surface area contributed by atoms with Gasteiger partial charge in [-0.2, -0.15) is 0 Å². The van der Waals surface area contributed by atoms with Crippen LogP contribution >= 0.6 is 0 Å². The lowest BCUT2D eigenvalue weighted by Crippen LogP contribution is -2.46. The van der Waals surface area contributed by atoms with Crippen molar-refractivity contribution in [1.82, 2.24) is 10.2 Å². The Labute approximate surface area is 167 Å². The zero-order valence-corrected chi connectivity index (χ0v) is 16.8. The third-order valence-corrected chi connectivity index (χ3v) is 5.46. The highest BCUT2D eigenvalue weighted by Crippen LogP contribution is 2.34. The van der Waals surface area contributed by atoms with Gasteiger partial charge in [0.15, 0.2) is 0 Å². The molecule has 0 spiro atoms. The second-order valence-corrected chi connectivity index (χ2v) is 7.56. The Bertz CT molecular complexity index is 757. The summed E-state index contributed by atoms with van der Waals surface area (Å²) in [5, 5.41) is 3.17. The Balaban J connectivity index is 1.56. The molecule has 1 aliphatic rings. The Morgan fingerprint density at radius 1 is 1.14 bits per heavy atom. The van der Waals surface area contributed by atoms with Crippen LogP contribution < -0.4 is 10.1 Å². The number of hydrogen-bond donors (Lipinski definition) is 1. The van der Waals surface area contributed by atoms with Gasteiger partial charge in [-0.3, -0.25) is 9.69 Å². The largest absolute Gasteiger partial charge is 0.497 e. The fourth-order valence-corrected chi connectivity index (χ4v) is 3.83. The molecule has 0 atom stereocenters. The molecule has 0 aliphatic carbocycles. The average molecular weight is 383 g/mol. The summed E-state index contributed by atoms with van der Waals surface area (Å²) >= 11 is 0. The maximum atomic E-state index is 12.6. The summed E-state index contributed by atoms with van der Waals surface area (Å²) in [5.74, 6) is 0.881. The van der Waals surface area contributed by atoms with Crippen LogP contribution in [0.3, 0.4) is 0 Å². The van der Waals surface area contributed by atoms with E-state index in [2.05, 4.69) is 29.6 Å². The predicted molar refractivity (Wildman–Crippen MR) is 111 cm³/mol. The lowest BCUT2D eigenvalue weighted by atomic mass is 9.74. The summed E-state index contributed by atoms with van der Waals surface area (Å²) in [6.45, 7) is 3.17. The monoisotopic (exact) mass is 382 g/mol. The molecule has 0 bridgehead atoms. The summed E-state index contributed by atoms with van der Waals surface area (Å²) in [4.78, 5) is 14.6. The Morgan fingerprint density at radius 2 is 1.89 bits per heavy atom. The van der Waals surface area contributed by atoms with Gasteiger partial charge in [0.05, 0.1) is 13.7 Å². The minimum absolute atomic E-state index is 0.0411. The standard InChI is InChI=1S/C23H30N2O3/c1-25(16-19-7-6-10-21(15-19)27-2)17-22(26)24-18-23(11-13-28-14-12-23)20-8-4-3-5-9-20/h3-10,15H,11-14,16-18H2,1-2H3,(H,24,26). The highest BCUT2D eigenvalue weighted by Gasteiger charge is 2.34. The van der Waals surface area contributed by atoms with Gasteiger partial charge >= 0.3 is 0 Å². The van der Waals surface area contributed by atoms with Crippen molar-refractivity contribution in [3.63, 3.8) is 0 Å². The summed E-state index contributed by atoms with van der Waals surface area (Å²) in [5.41, 5.74) is 2.36. The van der Waals surface area contributed by atoms with Gasteiger partial charge in [-0.15, -0.1) is 0 Å². The molecule has 0 aromatic heterocycles. The molecule has 2 aromatic carbocycles. The fourth-order valence-electron chi connectivity index (χ4n) is 3.83. The van der Waals surface area contributed by atoms with E-state index in [9.17, 15) is 4.79 Å². The van der Waals surface area contributed by atoms with Crippen molar-refractivity contribution in [2.45, 2.75) is 24.8 Å². The summed E-state index contributed by atoms with van der Waals surface area (Å²) in [6, 6.07) is 18.4. The van der Waals surface area contributed by atoms with Crippen LogP contribution in [-0.2, 0) is 21.5 Å². The molecule has 5 heteroatoms. The van der Waals surface area contributed by atoms with E-state index in [1.807, 2.05) is 42.3 Å². The second kappa shape index (κ2) is 9.71. The minimum atomic E-state index is -0.0411. The quantitative estimate of drug-likeness (QED) is 0.763. The van der Waals surface area contributed by atoms with Gasteiger partial charge < -0.3 is 14.8 Å². The molecule has 1 saturated heterocycles. The van der Waals surface area contributed by atoms with Gasteiger partial charge in [-0.25, -0.2) is 0 Å². The smallest absolute Gasteiger partial charge is 0.234 e. The number of carbonyl (C=O) groups is 1. The highest BCUT2D eigenvalue weighted by molar-refractivity contribution is 5.78. The van der Waals surface area contributed by atoms with E-state index >= 15 is 0 Å². The molecular weight excluding hydrogens is 352 g/mol. The van der Waals surface area contributed by atoms with Crippen molar-refractivity contribution in [3.8, 4) is 5.75 Å². The van der Waals surface area contributed by atoms with E-state index in [1.165, 1.54) is 5.56 Å². The molecule has 1 heterocycles. The third kappa shape index (κ3) is 5.33. The number of likely N-dealkylation sites (N-methyl/N-ethyl adjacent to an activating group) is 1. The number of carbonyl (C=O) groups excluding carboxylic acids is 1. The SMILES string of the molecule is COc1cccc(CN(C)CC(=O)NCC2(c3ccccc3)CCOCC2)c1. The Kier molecular flexibility index (Phi) is 7.06. The van der Waals surface area contributed by atoms with Gasteiger partial charge in [-0.1, -0.05) is 42.5 Å². The molecule has 1 fully saturated rings. The molecule has 0 saturated carbocycles. The van der Waals surface area contributed by atoms with Crippen molar-refractivity contribution in [2.75, 3.05) is 40.5 Å². The van der Waals surface area contributed by atoms with E-state index in [4.69, 9.17) is 9.47 Å². The number of rotatable bonds is 8. The van der Waals surface area contributed by atoms with E-state index in [1.54, 1.807) is 7.11 Å². The molecule has 1 aliphatic heterocycles. The third-order valence-electron chi connectivity index (χ3n) is 5.46. The average Bonchev–Trinajstić information content (AvgIpc) is 2.73. The Morgan fingerprint density at radius 3 is 2.61 bits per heavy atom. The van der Waals surface area contributed by atoms with E-state index in [0.717, 1.165) is 37.4 Å². The number of nitrogens with one attached hydrogen (secondary N) is 1. The molecule has 2 aromatic rings. The van der Waals surface area contributed by atoms with Crippen LogP contribution in [0.25, 0.3) is 0 Å². The molecule has 3 rings (SSSR count). The van der Waals surface area contributed by atoms with Crippen LogP contribution in [0.2, 0.25) is 0 Å². The number of benzene rings is 2. The zero-order valence-electron chi connectivity index (χ0n) is 16.8. The maximum absolute atomic E-state index is 12.6. The van der Waals surface area contributed by atoms with Crippen molar-refractivity contribution in [3.05, 3.63) is 65.7 Å². The van der Waals surface area contributed by atoms with Crippen LogP contribution in [0.4, 0.5) is 0 Å². The highest BCUT2D eigenvalue weighted by atomic mass is 16.5. The van der Waals surface area contributed by atoms with Gasteiger partial charge in [0.25, 0.3) is 0 Å². The van der Waals surface area contributed by atoms with E-state index in [0.29, 0.717) is 19.6 Å². The van der Waals surface area contributed by atoms with E-state index in [-0.39, 0.29) is 11.3 Å². The van der Waals surface area contributed by atoms with Crippen LogP contribution in [-0.4, -0.2) is 51.3 Å². The van der Waals surface area contributed by atoms with Gasteiger partial charge in [0.1, 0.15) is 5.75 Å². The molecule has 5 nitrogen and oxygen atoms in total. The zero-order chi connectivity index (χ0) is 19.8. The van der Waals surface area contributed by atoms with Crippen molar-refractivity contribution >= 4 is 5.91 Å². The maximum Gasteiger partial charge on any atom is 0.234 e. The van der Waals surface area contributed by atoms with Crippen molar-refractivity contribution < 1.29 is 14.3 Å². The molecule has 0 radical (unpaired) electrons. The Hall–Kier alpha value is -2.37. The first kappa shape index (κ1) is 20.4. The second-order valence-electron chi connectivity index (χ2n) is 7.56. The number of nitrogens with zero attached hydrogens (tertiary/aromatic N) is 1. The van der Waals surface area contributed by atoms with E-state index < -0.39 is 0 Å². The predicted octanol–water partition coefficient (Wildman–Crippen LogP) is 2.99. The number of ether oxygens (including phenoxy) is 2. The fraction of sp³-hybridized carbons (Fsp3) is 0.435. The van der Waals surface area contributed by atoms with Crippen LogP contribution in [0.5, 0.6) is 5.75 Å². The van der Waals surface area contributed by atoms with Crippen LogP contribution in [0, 0.1) is 0 Å². The lowest BCUT2D eigenvalue weighted by molar-refractivity contribution is -0.122. The minimum Gasteiger partial charge on any atom is -0.497 e. The summed E-state index contributed by atoms with van der Waals surface area (Å²) in [6.07, 6.45) is 1.86. The number of hydrogen-bond acceptors (Lipinski definition) is 4. The first-order chi connectivity index (χ1) is 13.6. The molecule has 1 N–H and O–H groups in total. The van der Waals surface area contributed by atoms with Gasteiger partial charge in [0.2, 0.25) is 5.91 Å². The van der Waals surface area contributed by atoms with Crippen LogP contribution in [0.15, 0.2) is 54.6 Å². The molecule has 0 unspecified atom stereocenters. The first-order valence-corrected chi connectivity index (χ1v) is 9.83. The summed E-state index contributed by atoms with van der Waals surface area (Å²) in [7, 11) is 3.62. The van der Waals surface area contributed by atoms with Gasteiger partial charge in [0, 0.05) is 31.7 Å². The molecular formula is C23H30N2O3. The molecule has 150 valence electrons. The van der Waals surface area contributed by atoms with Gasteiger partial charge in [-0.05, 0) is 43.1 Å².